The molecule has 1 aromatic rings. The van der Waals surface area contributed by atoms with Gasteiger partial charge >= 0.3 is 11.7 Å². The van der Waals surface area contributed by atoms with Crippen molar-refractivity contribution in [2.24, 2.45) is 5.92 Å². The quantitative estimate of drug-likeness (QED) is 0.454. The summed E-state index contributed by atoms with van der Waals surface area (Å²) in [5, 5.41) is 10.7. The van der Waals surface area contributed by atoms with E-state index in [2.05, 4.69) is 9.46 Å². The highest BCUT2D eigenvalue weighted by Crippen LogP contribution is 2.22. The van der Waals surface area contributed by atoms with E-state index < -0.39 is 43.4 Å². The molecule has 0 saturated carbocycles. The number of sulfonamides is 1. The monoisotopic (exact) mass is 348 g/mol. The van der Waals surface area contributed by atoms with E-state index in [4.69, 9.17) is 0 Å². The van der Waals surface area contributed by atoms with Crippen LogP contribution in [0, 0.1) is 21.8 Å². The lowest BCUT2D eigenvalue weighted by atomic mass is 10.0. The Balaban J connectivity index is 3.22. The number of nitrogens with one attached hydrogen (secondary N) is 1. The molecule has 128 valence electrons. The summed E-state index contributed by atoms with van der Waals surface area (Å²) in [4.78, 5) is 20.9. The highest BCUT2D eigenvalue weighted by Gasteiger charge is 2.31. The van der Waals surface area contributed by atoms with Crippen molar-refractivity contribution in [2.75, 3.05) is 7.11 Å². The minimum Gasteiger partial charge on any atom is -0.468 e. The van der Waals surface area contributed by atoms with Gasteiger partial charge in [0, 0.05) is 6.07 Å². The Labute approximate surface area is 132 Å². The molecule has 0 aromatic heterocycles. The first-order valence-corrected chi connectivity index (χ1v) is 8.16. The standard InChI is InChI=1S/C13H17FN2O6S/c1-4-8(2)12(13(17)22-3)15-23(20,21)9-5-6-10(14)11(7-9)16(18)19/h5-8,12,15H,4H2,1-3H3/t8-,12+/m0/s1. The number of carbonyl (C=O) groups is 1. The number of rotatable bonds is 7. The number of hydrogen-bond acceptors (Lipinski definition) is 6. The Bertz CT molecular complexity index is 706. The van der Waals surface area contributed by atoms with Crippen LogP contribution in [-0.2, 0) is 19.6 Å². The topological polar surface area (TPSA) is 116 Å². The van der Waals surface area contributed by atoms with Gasteiger partial charge < -0.3 is 4.74 Å². The number of ether oxygens (including phenoxy) is 1. The summed E-state index contributed by atoms with van der Waals surface area (Å²) < 4.78 is 44.6. The van der Waals surface area contributed by atoms with Crippen molar-refractivity contribution >= 4 is 21.7 Å². The van der Waals surface area contributed by atoms with Crippen LogP contribution < -0.4 is 4.72 Å². The second kappa shape index (κ2) is 7.47. The minimum atomic E-state index is -4.26. The molecule has 23 heavy (non-hydrogen) atoms. The van der Waals surface area contributed by atoms with Gasteiger partial charge in [0.15, 0.2) is 0 Å². The first kappa shape index (κ1) is 19.0. The van der Waals surface area contributed by atoms with Crippen molar-refractivity contribution in [1.82, 2.24) is 4.72 Å². The predicted octanol–water partition coefficient (Wildman–Crippen LogP) is 1.60. The number of nitro groups is 1. The van der Waals surface area contributed by atoms with Crippen LogP contribution >= 0.6 is 0 Å². The van der Waals surface area contributed by atoms with Crippen molar-refractivity contribution in [3.8, 4) is 0 Å². The van der Waals surface area contributed by atoms with Crippen LogP contribution in [0.2, 0.25) is 0 Å². The lowest BCUT2D eigenvalue weighted by Crippen LogP contribution is -2.45. The molecular formula is C13H17FN2O6S. The number of benzene rings is 1. The number of methoxy groups -OCH3 is 1. The van der Waals surface area contributed by atoms with E-state index in [1.165, 1.54) is 0 Å². The van der Waals surface area contributed by atoms with Gasteiger partial charge in [0.25, 0.3) is 0 Å². The number of nitrogens with zero attached hydrogens (tertiary/aromatic N) is 1. The highest BCUT2D eigenvalue weighted by molar-refractivity contribution is 7.89. The second-order valence-electron chi connectivity index (χ2n) is 4.88. The third kappa shape index (κ3) is 4.45. The van der Waals surface area contributed by atoms with Crippen molar-refractivity contribution in [3.05, 3.63) is 34.1 Å². The molecule has 0 aliphatic rings. The highest BCUT2D eigenvalue weighted by atomic mass is 32.2. The first-order valence-electron chi connectivity index (χ1n) is 6.68. The van der Waals surface area contributed by atoms with Gasteiger partial charge in [0.1, 0.15) is 6.04 Å². The maximum Gasteiger partial charge on any atom is 0.324 e. The summed E-state index contributed by atoms with van der Waals surface area (Å²) in [7, 11) is -3.14. The molecule has 0 bridgehead atoms. The van der Waals surface area contributed by atoms with Gasteiger partial charge in [-0.25, -0.2) is 8.42 Å². The Hall–Kier alpha value is -2.07. The molecule has 0 fully saturated rings. The predicted molar refractivity (Wildman–Crippen MR) is 78.6 cm³/mol. The van der Waals surface area contributed by atoms with Crippen LogP contribution in [0.3, 0.4) is 0 Å². The summed E-state index contributed by atoms with van der Waals surface area (Å²) in [5.41, 5.74) is -0.967. The van der Waals surface area contributed by atoms with E-state index in [-0.39, 0.29) is 5.92 Å². The van der Waals surface area contributed by atoms with Gasteiger partial charge in [0.2, 0.25) is 15.8 Å². The minimum absolute atomic E-state index is 0.368. The van der Waals surface area contributed by atoms with Crippen LogP contribution in [0.25, 0.3) is 0 Å². The number of hydrogen-bond donors (Lipinski definition) is 1. The fourth-order valence-corrected chi connectivity index (χ4v) is 3.11. The van der Waals surface area contributed by atoms with Gasteiger partial charge in [-0.3, -0.25) is 14.9 Å². The molecule has 1 rings (SSSR count). The number of halogens is 1. The molecule has 0 aliphatic carbocycles. The van der Waals surface area contributed by atoms with E-state index >= 15 is 0 Å². The molecule has 0 amide bonds. The molecule has 1 N–H and O–H groups in total. The average Bonchev–Trinajstić information content (AvgIpc) is 2.51. The first-order chi connectivity index (χ1) is 10.6. The second-order valence-corrected chi connectivity index (χ2v) is 6.59. The summed E-state index contributed by atoms with van der Waals surface area (Å²) in [6.07, 6.45) is 0.492. The van der Waals surface area contributed by atoms with Crippen LogP contribution in [0.4, 0.5) is 10.1 Å². The molecule has 2 atom stereocenters. The molecule has 8 nitrogen and oxygen atoms in total. The third-order valence-electron chi connectivity index (χ3n) is 3.37. The van der Waals surface area contributed by atoms with Crippen LogP contribution in [-0.4, -0.2) is 32.5 Å². The summed E-state index contributed by atoms with van der Waals surface area (Å²) in [5.74, 6) is -2.30. The van der Waals surface area contributed by atoms with Gasteiger partial charge in [-0.1, -0.05) is 20.3 Å². The molecular weight excluding hydrogens is 331 g/mol. The number of carbonyl (C=O) groups excluding carboxylic acids is 1. The maximum atomic E-state index is 13.3. The van der Waals surface area contributed by atoms with E-state index in [1.54, 1.807) is 13.8 Å². The van der Waals surface area contributed by atoms with E-state index in [0.717, 1.165) is 13.2 Å². The van der Waals surface area contributed by atoms with E-state index in [9.17, 15) is 27.7 Å². The SMILES string of the molecule is CC[C@H](C)[C@@H](NS(=O)(=O)c1ccc(F)c([N+](=O)[O-])c1)C(=O)OC. The van der Waals surface area contributed by atoms with Crippen LogP contribution in [0.1, 0.15) is 20.3 Å². The van der Waals surface area contributed by atoms with E-state index in [1.807, 2.05) is 0 Å². The Kier molecular flexibility index (Phi) is 6.16. The normalized spacial score (nSPS) is 14.1. The lowest BCUT2D eigenvalue weighted by Gasteiger charge is -2.21. The molecule has 1 aromatic carbocycles. The maximum absolute atomic E-state index is 13.3. The number of nitro benzene ring substituents is 1. The zero-order valence-electron chi connectivity index (χ0n) is 12.8. The van der Waals surface area contributed by atoms with E-state index in [0.29, 0.717) is 18.6 Å². The molecule has 10 heteroatoms. The average molecular weight is 348 g/mol. The molecule has 0 unspecified atom stereocenters. The van der Waals surface area contributed by atoms with Crippen molar-refractivity contribution in [1.29, 1.82) is 0 Å². The fourth-order valence-electron chi connectivity index (χ4n) is 1.79. The Morgan fingerprint density at radius 2 is 2.09 bits per heavy atom. The van der Waals surface area contributed by atoms with Crippen LogP contribution in [0.15, 0.2) is 23.1 Å². The van der Waals surface area contributed by atoms with Crippen LogP contribution in [0.5, 0.6) is 0 Å². The van der Waals surface area contributed by atoms with Gasteiger partial charge in [0.05, 0.1) is 16.9 Å². The lowest BCUT2D eigenvalue weighted by molar-refractivity contribution is -0.387. The zero-order valence-corrected chi connectivity index (χ0v) is 13.6. The summed E-state index contributed by atoms with van der Waals surface area (Å²) in [6, 6.07) is 1.01. The largest absolute Gasteiger partial charge is 0.468 e. The Morgan fingerprint density at radius 3 is 2.57 bits per heavy atom. The van der Waals surface area contributed by atoms with Crippen molar-refractivity contribution in [2.45, 2.75) is 31.2 Å². The van der Waals surface area contributed by atoms with Gasteiger partial charge in [-0.2, -0.15) is 9.11 Å². The number of esters is 1. The van der Waals surface area contributed by atoms with Crippen molar-refractivity contribution < 1.29 is 27.3 Å². The van der Waals surface area contributed by atoms with Crippen molar-refractivity contribution in [3.63, 3.8) is 0 Å². The molecule has 0 aliphatic heterocycles. The molecule has 0 heterocycles. The summed E-state index contributed by atoms with van der Waals surface area (Å²) >= 11 is 0. The molecule has 0 radical (unpaired) electrons. The smallest absolute Gasteiger partial charge is 0.324 e. The molecule has 0 saturated heterocycles. The van der Waals surface area contributed by atoms with Gasteiger partial charge in [-0.05, 0) is 18.1 Å². The van der Waals surface area contributed by atoms with Gasteiger partial charge in [-0.15, -0.1) is 0 Å². The third-order valence-corrected chi connectivity index (χ3v) is 4.81. The zero-order chi connectivity index (χ0) is 17.8. The summed E-state index contributed by atoms with van der Waals surface area (Å²) in [6.45, 7) is 3.41. The Morgan fingerprint density at radius 1 is 1.48 bits per heavy atom. The fraction of sp³-hybridized carbons (Fsp3) is 0.462. The molecule has 0 spiro atoms.